The van der Waals surface area contributed by atoms with Crippen molar-refractivity contribution in [2.75, 3.05) is 5.32 Å². The molecule has 6 heteroatoms. The molecule has 16 heavy (non-hydrogen) atoms. The minimum Gasteiger partial charge on any atom is -0.298 e. The van der Waals surface area contributed by atoms with Crippen molar-refractivity contribution >= 4 is 22.4 Å². The Labute approximate surface area is 95.2 Å². The third-order valence-electron chi connectivity index (χ3n) is 1.86. The van der Waals surface area contributed by atoms with Crippen LogP contribution < -0.4 is 5.32 Å². The lowest BCUT2D eigenvalue weighted by atomic mass is 10.2. The van der Waals surface area contributed by atoms with Gasteiger partial charge in [-0.15, -0.1) is 11.3 Å². The van der Waals surface area contributed by atoms with E-state index in [-0.39, 0.29) is 5.56 Å². The molecule has 2 aromatic heterocycles. The zero-order valence-electron chi connectivity index (χ0n) is 8.40. The van der Waals surface area contributed by atoms with E-state index in [4.69, 9.17) is 0 Å². The Hall–Kier alpha value is -1.82. The number of halogens is 1. The molecule has 0 saturated carbocycles. The van der Waals surface area contributed by atoms with Crippen LogP contribution in [0.4, 0.5) is 9.52 Å². The van der Waals surface area contributed by atoms with Crippen LogP contribution in [-0.4, -0.2) is 15.9 Å². The number of nitrogens with one attached hydrogen (secondary N) is 1. The summed E-state index contributed by atoms with van der Waals surface area (Å²) in [5.41, 5.74) is 0.776. The number of anilines is 1. The third kappa shape index (κ3) is 2.22. The van der Waals surface area contributed by atoms with Gasteiger partial charge in [0.2, 0.25) is 0 Å². The predicted molar refractivity (Wildman–Crippen MR) is 59.0 cm³/mol. The van der Waals surface area contributed by atoms with Gasteiger partial charge in [-0.3, -0.25) is 15.1 Å². The highest BCUT2D eigenvalue weighted by atomic mass is 32.1. The van der Waals surface area contributed by atoms with Crippen LogP contribution in [0.25, 0.3) is 0 Å². The van der Waals surface area contributed by atoms with Gasteiger partial charge >= 0.3 is 0 Å². The van der Waals surface area contributed by atoms with Gasteiger partial charge in [0.1, 0.15) is 0 Å². The van der Waals surface area contributed by atoms with E-state index in [1.165, 1.54) is 23.6 Å². The van der Waals surface area contributed by atoms with Crippen molar-refractivity contribution in [2.24, 2.45) is 0 Å². The summed E-state index contributed by atoms with van der Waals surface area (Å²) in [4.78, 5) is 19.3. The summed E-state index contributed by atoms with van der Waals surface area (Å²) in [5, 5.41) is 4.78. The normalized spacial score (nSPS) is 10.1. The fourth-order valence-electron chi connectivity index (χ4n) is 1.14. The number of carbonyl (C=O) groups excluding carboxylic acids is 1. The number of hydrogen-bond acceptors (Lipinski definition) is 4. The zero-order valence-corrected chi connectivity index (χ0v) is 9.21. The fourth-order valence-corrected chi connectivity index (χ4v) is 1.82. The van der Waals surface area contributed by atoms with Crippen molar-refractivity contribution in [3.8, 4) is 0 Å². The van der Waals surface area contributed by atoms with E-state index in [9.17, 15) is 9.18 Å². The van der Waals surface area contributed by atoms with Gasteiger partial charge in [-0.1, -0.05) is 0 Å². The molecule has 0 atom stereocenters. The summed E-state index contributed by atoms with van der Waals surface area (Å²) in [7, 11) is 0. The van der Waals surface area contributed by atoms with E-state index >= 15 is 0 Å². The van der Waals surface area contributed by atoms with Gasteiger partial charge < -0.3 is 0 Å². The molecule has 0 aliphatic rings. The Morgan fingerprint density at radius 3 is 3.00 bits per heavy atom. The molecule has 2 aromatic rings. The van der Waals surface area contributed by atoms with Crippen molar-refractivity contribution in [2.45, 2.75) is 6.92 Å². The fraction of sp³-hybridized carbons (Fsp3) is 0.100. The molecule has 1 amide bonds. The van der Waals surface area contributed by atoms with Crippen LogP contribution in [-0.2, 0) is 0 Å². The first-order valence-electron chi connectivity index (χ1n) is 4.50. The number of hydrogen-bond donors (Lipinski definition) is 1. The average molecular weight is 237 g/mol. The van der Waals surface area contributed by atoms with E-state index in [2.05, 4.69) is 15.3 Å². The van der Waals surface area contributed by atoms with Gasteiger partial charge in [-0.05, 0) is 13.0 Å². The van der Waals surface area contributed by atoms with Gasteiger partial charge in [0, 0.05) is 11.6 Å². The lowest BCUT2D eigenvalue weighted by molar-refractivity contribution is 0.102. The Bertz CT molecular complexity index is 526. The molecule has 2 rings (SSSR count). The van der Waals surface area contributed by atoms with Crippen molar-refractivity contribution < 1.29 is 9.18 Å². The minimum absolute atomic E-state index is 0.0390. The lowest BCUT2D eigenvalue weighted by Crippen LogP contribution is -2.13. The maximum absolute atomic E-state index is 13.2. The van der Waals surface area contributed by atoms with Gasteiger partial charge in [0.05, 0.1) is 17.5 Å². The molecule has 0 radical (unpaired) electrons. The quantitative estimate of drug-likeness (QED) is 0.871. The van der Waals surface area contributed by atoms with Gasteiger partial charge in [-0.2, -0.15) is 0 Å². The van der Waals surface area contributed by atoms with Crippen LogP contribution >= 0.6 is 11.3 Å². The van der Waals surface area contributed by atoms with Crippen LogP contribution in [0.2, 0.25) is 0 Å². The minimum atomic E-state index is -0.645. The summed E-state index contributed by atoms with van der Waals surface area (Å²) >= 11 is 1.30. The van der Waals surface area contributed by atoms with Crippen molar-refractivity contribution in [1.82, 2.24) is 9.97 Å². The summed E-state index contributed by atoms with van der Waals surface area (Å²) in [6.07, 6.45) is 2.37. The highest BCUT2D eigenvalue weighted by Gasteiger charge is 2.12. The standard InChI is InChI=1S/C10H8FN3OS/c1-6-5-16-10(13-6)14-9(15)7-2-3-12-4-8(7)11/h2-5H,1H3,(H,13,14,15). The van der Waals surface area contributed by atoms with Crippen LogP contribution in [0.5, 0.6) is 0 Å². The van der Waals surface area contributed by atoms with Crippen LogP contribution in [0.1, 0.15) is 16.1 Å². The van der Waals surface area contributed by atoms with Gasteiger partial charge in [-0.25, -0.2) is 9.37 Å². The largest absolute Gasteiger partial charge is 0.298 e. The second-order valence-electron chi connectivity index (χ2n) is 3.10. The Kier molecular flexibility index (Phi) is 2.91. The maximum Gasteiger partial charge on any atom is 0.260 e. The first-order valence-corrected chi connectivity index (χ1v) is 5.38. The molecule has 0 unspecified atom stereocenters. The van der Waals surface area contributed by atoms with E-state index in [1.807, 2.05) is 6.92 Å². The van der Waals surface area contributed by atoms with Gasteiger partial charge in [0.25, 0.3) is 5.91 Å². The number of aryl methyl sites for hydroxylation is 1. The van der Waals surface area contributed by atoms with E-state index < -0.39 is 11.7 Å². The molecule has 0 aliphatic heterocycles. The third-order valence-corrected chi connectivity index (χ3v) is 2.73. The molecule has 2 heterocycles. The number of rotatable bonds is 2. The number of nitrogens with zero attached hydrogens (tertiary/aromatic N) is 2. The van der Waals surface area contributed by atoms with E-state index in [1.54, 1.807) is 5.38 Å². The maximum atomic E-state index is 13.2. The number of pyridine rings is 1. The smallest absolute Gasteiger partial charge is 0.260 e. The van der Waals surface area contributed by atoms with Gasteiger partial charge in [0.15, 0.2) is 10.9 Å². The number of aromatic nitrogens is 2. The molecule has 0 bridgehead atoms. The van der Waals surface area contributed by atoms with Crippen molar-refractivity contribution in [1.29, 1.82) is 0 Å². The molecule has 0 fully saturated rings. The Morgan fingerprint density at radius 1 is 1.56 bits per heavy atom. The van der Waals surface area contributed by atoms with E-state index in [0.717, 1.165) is 11.9 Å². The summed E-state index contributed by atoms with van der Waals surface area (Å²) < 4.78 is 13.2. The first-order chi connectivity index (χ1) is 7.66. The second-order valence-corrected chi connectivity index (χ2v) is 3.96. The average Bonchev–Trinajstić information content (AvgIpc) is 2.64. The number of amides is 1. The molecular formula is C10H8FN3OS. The first kappa shape index (κ1) is 10.7. The second kappa shape index (κ2) is 4.36. The molecule has 0 aromatic carbocycles. The zero-order chi connectivity index (χ0) is 11.5. The molecule has 0 aliphatic carbocycles. The Morgan fingerprint density at radius 2 is 2.38 bits per heavy atom. The van der Waals surface area contributed by atoms with Crippen molar-refractivity contribution in [3.63, 3.8) is 0 Å². The predicted octanol–water partition coefficient (Wildman–Crippen LogP) is 2.24. The Balaban J connectivity index is 2.18. The topological polar surface area (TPSA) is 54.9 Å². The number of carbonyl (C=O) groups is 1. The van der Waals surface area contributed by atoms with Crippen LogP contribution in [0, 0.1) is 12.7 Å². The summed E-state index contributed by atoms with van der Waals surface area (Å²) in [5.74, 6) is -1.16. The molecule has 0 saturated heterocycles. The van der Waals surface area contributed by atoms with Crippen molar-refractivity contribution in [3.05, 3.63) is 40.9 Å². The molecular weight excluding hydrogens is 229 g/mol. The highest BCUT2D eigenvalue weighted by Crippen LogP contribution is 2.16. The van der Waals surface area contributed by atoms with Crippen LogP contribution in [0.15, 0.2) is 23.8 Å². The summed E-state index contributed by atoms with van der Waals surface area (Å²) in [6.45, 7) is 1.82. The molecule has 1 N–H and O–H groups in total. The van der Waals surface area contributed by atoms with Crippen LogP contribution in [0.3, 0.4) is 0 Å². The lowest BCUT2D eigenvalue weighted by Gasteiger charge is -2.01. The monoisotopic (exact) mass is 237 g/mol. The number of thiazole rings is 1. The molecule has 0 spiro atoms. The van der Waals surface area contributed by atoms with E-state index in [0.29, 0.717) is 5.13 Å². The summed E-state index contributed by atoms with van der Waals surface area (Å²) in [6, 6.07) is 1.32. The molecule has 82 valence electrons. The molecule has 4 nitrogen and oxygen atoms in total. The highest BCUT2D eigenvalue weighted by molar-refractivity contribution is 7.13. The SMILES string of the molecule is Cc1csc(NC(=O)c2ccncc2F)n1.